The monoisotopic (exact) mass is 235 g/mol. The second-order valence-electron chi connectivity index (χ2n) is 3.49. The molecule has 7 heteroatoms. The Morgan fingerprint density at radius 2 is 1.38 bits per heavy atom. The fraction of sp³-hybridized carbons (Fsp3) is 0.889. The lowest BCUT2D eigenvalue weighted by atomic mass is 9.97. The number of rotatable bonds is 7. The summed E-state index contributed by atoms with van der Waals surface area (Å²) >= 11 is 0. The average Bonchev–Trinajstić information content (AvgIpc) is 2.31. The molecule has 16 heavy (non-hydrogen) atoms. The Morgan fingerprint density at radius 1 is 0.875 bits per heavy atom. The third-order valence-corrected chi connectivity index (χ3v) is 2.23. The number of nitrogens with zero attached hydrogens (tertiary/aromatic N) is 1. The molecule has 5 atom stereocenters. The molecule has 0 radical (unpaired) electrons. The molecule has 0 fully saturated rings. The predicted octanol–water partition coefficient (Wildman–Crippen LogP) is -2.91. The van der Waals surface area contributed by atoms with E-state index in [1.165, 1.54) is 0 Å². The molecule has 0 rings (SSSR count). The summed E-state index contributed by atoms with van der Waals surface area (Å²) in [4.78, 5) is 0. The van der Waals surface area contributed by atoms with Crippen LogP contribution in [0.2, 0.25) is 0 Å². The molecule has 0 heterocycles. The highest BCUT2D eigenvalue weighted by molar-refractivity contribution is 4.86. The molecule has 0 aromatic heterocycles. The first-order valence-corrected chi connectivity index (χ1v) is 4.83. The summed E-state index contributed by atoms with van der Waals surface area (Å²) in [6, 6.07) is 1.75. The quantitative estimate of drug-likeness (QED) is 0.277. The van der Waals surface area contributed by atoms with E-state index >= 15 is 0 Å². The van der Waals surface area contributed by atoms with Gasteiger partial charge in [-0.2, -0.15) is 5.26 Å². The number of aliphatic hydroxyl groups is 6. The van der Waals surface area contributed by atoms with Crippen molar-refractivity contribution in [3.8, 4) is 6.07 Å². The highest BCUT2D eigenvalue weighted by Crippen LogP contribution is 2.11. The van der Waals surface area contributed by atoms with Crippen LogP contribution in [0.3, 0.4) is 0 Å². The van der Waals surface area contributed by atoms with Crippen LogP contribution in [0.4, 0.5) is 0 Å². The minimum absolute atomic E-state index is 0.0103. The molecule has 94 valence electrons. The Morgan fingerprint density at radius 3 is 1.81 bits per heavy atom. The second-order valence-corrected chi connectivity index (χ2v) is 3.49. The third kappa shape index (κ3) is 4.40. The molecule has 1 unspecified atom stereocenters. The van der Waals surface area contributed by atoms with Crippen molar-refractivity contribution in [2.75, 3.05) is 6.61 Å². The van der Waals surface area contributed by atoms with Crippen molar-refractivity contribution in [3.05, 3.63) is 0 Å². The topological polar surface area (TPSA) is 145 Å². The van der Waals surface area contributed by atoms with Gasteiger partial charge >= 0.3 is 0 Å². The standard InChI is InChI=1S/C9H17NO6/c10-3-1-2-5(12)7(14)9(16)8(15)6(13)4-11/h5-9,11-16H,1-2,4H2/t5?,6-,7-,8-,9-/m1/s1. The lowest BCUT2D eigenvalue weighted by Gasteiger charge is -2.28. The van der Waals surface area contributed by atoms with Crippen molar-refractivity contribution in [2.24, 2.45) is 0 Å². The molecule has 0 saturated heterocycles. The van der Waals surface area contributed by atoms with E-state index in [0.717, 1.165) is 0 Å². The molecular formula is C9H17NO6. The molecule has 0 aromatic carbocycles. The van der Waals surface area contributed by atoms with Crippen molar-refractivity contribution in [2.45, 2.75) is 43.4 Å². The van der Waals surface area contributed by atoms with E-state index in [9.17, 15) is 20.4 Å². The number of hydrogen-bond donors (Lipinski definition) is 6. The fourth-order valence-electron chi connectivity index (χ4n) is 1.15. The van der Waals surface area contributed by atoms with Crippen LogP contribution in [0, 0.1) is 11.3 Å². The molecule has 0 aliphatic carbocycles. The number of hydrogen-bond acceptors (Lipinski definition) is 7. The number of aliphatic hydroxyl groups excluding tert-OH is 6. The second kappa shape index (κ2) is 7.51. The summed E-state index contributed by atoms with van der Waals surface area (Å²) in [5, 5.41) is 63.0. The van der Waals surface area contributed by atoms with Gasteiger partial charge in [0.15, 0.2) is 0 Å². The van der Waals surface area contributed by atoms with E-state index in [0.29, 0.717) is 0 Å². The van der Waals surface area contributed by atoms with Gasteiger partial charge < -0.3 is 30.6 Å². The van der Waals surface area contributed by atoms with Gasteiger partial charge in [-0.3, -0.25) is 0 Å². The Kier molecular flexibility index (Phi) is 7.16. The minimum atomic E-state index is -1.80. The lowest BCUT2D eigenvalue weighted by Crippen LogP contribution is -2.49. The molecule has 0 amide bonds. The van der Waals surface area contributed by atoms with Crippen LogP contribution >= 0.6 is 0 Å². The summed E-state index contributed by atoms with van der Waals surface area (Å²) in [6.45, 7) is -0.779. The zero-order valence-electron chi connectivity index (χ0n) is 8.64. The van der Waals surface area contributed by atoms with Crippen LogP contribution in [0.5, 0.6) is 0 Å². The highest BCUT2D eigenvalue weighted by Gasteiger charge is 2.33. The first kappa shape index (κ1) is 15.2. The molecule has 0 spiro atoms. The van der Waals surface area contributed by atoms with Crippen LogP contribution in [-0.2, 0) is 0 Å². The first-order valence-electron chi connectivity index (χ1n) is 4.83. The van der Waals surface area contributed by atoms with Gasteiger partial charge in [0.25, 0.3) is 0 Å². The first-order chi connectivity index (χ1) is 7.45. The zero-order chi connectivity index (χ0) is 12.7. The molecule has 0 saturated carbocycles. The molecule has 6 N–H and O–H groups in total. The smallest absolute Gasteiger partial charge is 0.111 e. The van der Waals surface area contributed by atoms with E-state index in [4.69, 9.17) is 15.5 Å². The Labute approximate surface area is 92.8 Å². The molecule has 7 nitrogen and oxygen atoms in total. The Balaban J connectivity index is 4.25. The Bertz CT molecular complexity index is 231. The normalized spacial score (nSPS) is 20.6. The van der Waals surface area contributed by atoms with Crippen molar-refractivity contribution in [3.63, 3.8) is 0 Å². The molecule has 0 aliphatic heterocycles. The van der Waals surface area contributed by atoms with Gasteiger partial charge in [0.05, 0.1) is 18.8 Å². The van der Waals surface area contributed by atoms with Crippen LogP contribution in [0.15, 0.2) is 0 Å². The maximum Gasteiger partial charge on any atom is 0.111 e. The van der Waals surface area contributed by atoms with Gasteiger partial charge in [0, 0.05) is 6.42 Å². The predicted molar refractivity (Wildman–Crippen MR) is 52.0 cm³/mol. The SMILES string of the molecule is N#CCCC(O)[C@@H](O)[C@@H](O)[C@H](O)[C@H](O)CO. The van der Waals surface area contributed by atoms with E-state index in [-0.39, 0.29) is 12.8 Å². The lowest BCUT2D eigenvalue weighted by molar-refractivity contribution is -0.140. The molecule has 0 bridgehead atoms. The molecular weight excluding hydrogens is 218 g/mol. The van der Waals surface area contributed by atoms with Crippen molar-refractivity contribution < 1.29 is 30.6 Å². The van der Waals surface area contributed by atoms with Gasteiger partial charge in [-0.25, -0.2) is 0 Å². The average molecular weight is 235 g/mol. The van der Waals surface area contributed by atoms with Crippen molar-refractivity contribution in [1.82, 2.24) is 0 Å². The third-order valence-electron chi connectivity index (χ3n) is 2.23. The van der Waals surface area contributed by atoms with Gasteiger partial charge in [-0.1, -0.05) is 0 Å². The maximum atomic E-state index is 9.37. The van der Waals surface area contributed by atoms with Gasteiger partial charge in [0.1, 0.15) is 24.4 Å². The molecule has 0 aromatic rings. The van der Waals surface area contributed by atoms with Gasteiger partial charge in [-0.15, -0.1) is 0 Å². The fourth-order valence-corrected chi connectivity index (χ4v) is 1.15. The van der Waals surface area contributed by atoms with E-state index in [1.54, 1.807) is 6.07 Å². The summed E-state index contributed by atoms with van der Waals surface area (Å²) in [6.07, 6.45) is -8.31. The van der Waals surface area contributed by atoms with Crippen molar-refractivity contribution >= 4 is 0 Å². The van der Waals surface area contributed by atoms with Gasteiger partial charge in [0.2, 0.25) is 0 Å². The highest BCUT2D eigenvalue weighted by atomic mass is 16.4. The summed E-state index contributed by atoms with van der Waals surface area (Å²) in [5.41, 5.74) is 0. The van der Waals surface area contributed by atoms with Crippen molar-refractivity contribution in [1.29, 1.82) is 5.26 Å². The van der Waals surface area contributed by atoms with Crippen LogP contribution < -0.4 is 0 Å². The number of nitriles is 1. The van der Waals surface area contributed by atoms with E-state index in [1.807, 2.05) is 0 Å². The maximum absolute atomic E-state index is 9.37. The largest absolute Gasteiger partial charge is 0.394 e. The van der Waals surface area contributed by atoms with E-state index < -0.39 is 37.1 Å². The van der Waals surface area contributed by atoms with E-state index in [2.05, 4.69) is 0 Å². The summed E-state index contributed by atoms with van der Waals surface area (Å²) < 4.78 is 0. The van der Waals surface area contributed by atoms with Crippen LogP contribution in [-0.4, -0.2) is 67.8 Å². The summed E-state index contributed by atoms with van der Waals surface area (Å²) in [5.74, 6) is 0. The van der Waals surface area contributed by atoms with Crippen LogP contribution in [0.1, 0.15) is 12.8 Å². The Hall–Kier alpha value is -0.750. The minimum Gasteiger partial charge on any atom is -0.394 e. The van der Waals surface area contributed by atoms with Crippen LogP contribution in [0.25, 0.3) is 0 Å². The van der Waals surface area contributed by atoms with Gasteiger partial charge in [-0.05, 0) is 6.42 Å². The molecule has 0 aliphatic rings. The zero-order valence-corrected chi connectivity index (χ0v) is 8.64. The summed E-state index contributed by atoms with van der Waals surface area (Å²) in [7, 11) is 0.